The van der Waals surface area contributed by atoms with Crippen LogP contribution in [0.1, 0.15) is 19.4 Å². The Labute approximate surface area is 106 Å². The summed E-state index contributed by atoms with van der Waals surface area (Å²) < 4.78 is 0. The first-order valence-corrected chi connectivity index (χ1v) is 6.59. The predicted molar refractivity (Wildman–Crippen MR) is 70.3 cm³/mol. The van der Waals surface area contributed by atoms with Gasteiger partial charge >= 0.3 is 0 Å². The maximum absolute atomic E-state index is 10.9. The molecule has 92 valence electrons. The molecule has 0 saturated heterocycles. The Balaban J connectivity index is 2.73. The van der Waals surface area contributed by atoms with E-state index in [9.17, 15) is 9.59 Å². The van der Waals surface area contributed by atoms with Crippen LogP contribution < -0.4 is 5.32 Å². The van der Waals surface area contributed by atoms with Crippen molar-refractivity contribution in [3.8, 4) is 0 Å². The third-order valence-corrected chi connectivity index (χ3v) is 3.43. The van der Waals surface area contributed by atoms with Crippen molar-refractivity contribution in [1.82, 2.24) is 5.32 Å². The first kappa shape index (κ1) is 13.8. The fourth-order valence-corrected chi connectivity index (χ4v) is 1.90. The van der Waals surface area contributed by atoms with Gasteiger partial charge in [-0.2, -0.15) is 0 Å². The second-order valence-electron chi connectivity index (χ2n) is 4.45. The van der Waals surface area contributed by atoms with Gasteiger partial charge in [0.2, 0.25) is 6.29 Å². The molecule has 0 aliphatic rings. The van der Waals surface area contributed by atoms with Gasteiger partial charge in [-0.15, -0.1) is 11.8 Å². The summed E-state index contributed by atoms with van der Waals surface area (Å²) in [5.41, 5.74) is 0.955. The minimum Gasteiger partial charge on any atom is -0.349 e. The van der Waals surface area contributed by atoms with Gasteiger partial charge in [0, 0.05) is 16.9 Å². The molecule has 0 fully saturated rings. The quantitative estimate of drug-likeness (QED) is 0.494. The first-order valence-electron chi connectivity index (χ1n) is 5.37. The highest BCUT2D eigenvalue weighted by Crippen LogP contribution is 2.24. The number of nitrogens with one attached hydrogen (secondary N) is 1. The van der Waals surface area contributed by atoms with Crippen molar-refractivity contribution < 1.29 is 9.59 Å². The lowest BCUT2D eigenvalue weighted by atomic mass is 9.84. The summed E-state index contributed by atoms with van der Waals surface area (Å²) in [6.45, 7) is 4.52. The van der Waals surface area contributed by atoms with E-state index in [1.54, 1.807) is 11.8 Å². The van der Waals surface area contributed by atoms with Gasteiger partial charge in [-0.3, -0.25) is 9.59 Å². The van der Waals surface area contributed by atoms with Crippen LogP contribution in [-0.4, -0.2) is 25.0 Å². The maximum atomic E-state index is 10.9. The molecule has 0 aliphatic heterocycles. The van der Waals surface area contributed by atoms with Crippen LogP contribution in [0.15, 0.2) is 29.2 Å². The van der Waals surface area contributed by atoms with E-state index in [0.717, 1.165) is 5.56 Å². The van der Waals surface area contributed by atoms with Crippen LogP contribution in [0.25, 0.3) is 0 Å². The third-order valence-electron chi connectivity index (χ3n) is 2.68. The van der Waals surface area contributed by atoms with E-state index in [0.29, 0.717) is 12.8 Å². The summed E-state index contributed by atoms with van der Waals surface area (Å²) in [5.74, 6) is -0.571. The highest BCUT2D eigenvalue weighted by atomic mass is 32.2. The standard InChI is InChI=1S/C13H17NO2S/c1-13(2,9-14-12(16)8-15)10-4-6-11(17-3)7-5-10/h4-8H,9H2,1-3H3,(H,14,16). The molecule has 0 heterocycles. The van der Waals surface area contributed by atoms with Gasteiger partial charge in [0.25, 0.3) is 5.91 Å². The molecule has 17 heavy (non-hydrogen) atoms. The second kappa shape index (κ2) is 5.87. The smallest absolute Gasteiger partial charge is 0.284 e. The summed E-state index contributed by atoms with van der Waals surface area (Å²) in [6, 6.07) is 8.23. The highest BCUT2D eigenvalue weighted by Gasteiger charge is 2.21. The average Bonchev–Trinajstić information content (AvgIpc) is 2.36. The fraction of sp³-hybridized carbons (Fsp3) is 0.385. The van der Waals surface area contributed by atoms with E-state index in [2.05, 4.69) is 29.6 Å². The van der Waals surface area contributed by atoms with Crippen LogP contribution in [-0.2, 0) is 15.0 Å². The van der Waals surface area contributed by atoms with Crippen LogP contribution in [0.4, 0.5) is 0 Å². The van der Waals surface area contributed by atoms with Crippen molar-refractivity contribution in [1.29, 1.82) is 0 Å². The molecular formula is C13H17NO2S. The summed E-state index contributed by atoms with van der Waals surface area (Å²) in [5, 5.41) is 2.59. The van der Waals surface area contributed by atoms with Crippen molar-refractivity contribution in [3.63, 3.8) is 0 Å². The normalized spacial score (nSPS) is 11.0. The largest absolute Gasteiger partial charge is 0.349 e. The lowest BCUT2D eigenvalue weighted by molar-refractivity contribution is -0.131. The van der Waals surface area contributed by atoms with Crippen molar-refractivity contribution in [3.05, 3.63) is 29.8 Å². The van der Waals surface area contributed by atoms with Gasteiger partial charge in [-0.05, 0) is 24.0 Å². The van der Waals surface area contributed by atoms with Crippen LogP contribution in [0.2, 0.25) is 0 Å². The molecule has 0 saturated carbocycles. The van der Waals surface area contributed by atoms with Crippen LogP contribution in [0, 0.1) is 0 Å². The zero-order chi connectivity index (χ0) is 12.9. The summed E-state index contributed by atoms with van der Waals surface area (Å²) in [4.78, 5) is 22.3. The first-order chi connectivity index (χ1) is 7.99. The van der Waals surface area contributed by atoms with E-state index in [1.807, 2.05) is 20.1 Å². The number of benzene rings is 1. The van der Waals surface area contributed by atoms with Crippen molar-refractivity contribution in [2.24, 2.45) is 0 Å². The molecule has 0 aliphatic carbocycles. The predicted octanol–water partition coefficient (Wildman–Crippen LogP) is 2.00. The molecule has 1 aromatic rings. The summed E-state index contributed by atoms with van der Waals surface area (Å²) >= 11 is 1.69. The monoisotopic (exact) mass is 251 g/mol. The third kappa shape index (κ3) is 3.89. The lowest BCUT2D eigenvalue weighted by Crippen LogP contribution is -2.37. The molecule has 1 amide bonds. The number of amides is 1. The molecule has 0 unspecified atom stereocenters. The van der Waals surface area contributed by atoms with Crippen LogP contribution in [0.3, 0.4) is 0 Å². The lowest BCUT2D eigenvalue weighted by Gasteiger charge is -2.25. The molecule has 0 bridgehead atoms. The van der Waals surface area contributed by atoms with Crippen molar-refractivity contribution in [2.45, 2.75) is 24.2 Å². The number of rotatable bonds is 5. The number of hydrogen-bond donors (Lipinski definition) is 1. The number of thioether (sulfide) groups is 1. The molecule has 0 radical (unpaired) electrons. The fourth-order valence-electron chi connectivity index (χ4n) is 1.49. The van der Waals surface area contributed by atoms with Gasteiger partial charge in [0.15, 0.2) is 0 Å². The number of carbonyl (C=O) groups is 2. The second-order valence-corrected chi connectivity index (χ2v) is 5.33. The van der Waals surface area contributed by atoms with E-state index >= 15 is 0 Å². The van der Waals surface area contributed by atoms with E-state index < -0.39 is 5.91 Å². The Morgan fingerprint density at radius 1 is 1.35 bits per heavy atom. The van der Waals surface area contributed by atoms with Crippen molar-refractivity contribution >= 4 is 24.0 Å². The Kier molecular flexibility index (Phi) is 4.75. The van der Waals surface area contributed by atoms with Gasteiger partial charge in [-0.25, -0.2) is 0 Å². The Hall–Kier alpha value is -1.29. The minimum atomic E-state index is -0.571. The van der Waals surface area contributed by atoms with E-state index in [4.69, 9.17) is 0 Å². The van der Waals surface area contributed by atoms with E-state index in [1.165, 1.54) is 4.90 Å². The van der Waals surface area contributed by atoms with Gasteiger partial charge in [-0.1, -0.05) is 26.0 Å². The highest BCUT2D eigenvalue weighted by molar-refractivity contribution is 7.98. The molecule has 1 N–H and O–H groups in total. The number of carbonyl (C=O) groups excluding carboxylic acids is 2. The van der Waals surface area contributed by atoms with Crippen molar-refractivity contribution in [2.75, 3.05) is 12.8 Å². The number of aldehydes is 1. The van der Waals surface area contributed by atoms with Gasteiger partial charge < -0.3 is 5.32 Å². The Morgan fingerprint density at radius 2 is 1.94 bits per heavy atom. The minimum absolute atomic E-state index is 0.185. The van der Waals surface area contributed by atoms with E-state index in [-0.39, 0.29) is 5.41 Å². The molecule has 1 aromatic carbocycles. The molecule has 1 rings (SSSR count). The summed E-state index contributed by atoms with van der Waals surface area (Å²) in [6.07, 6.45) is 2.33. The number of hydrogen-bond acceptors (Lipinski definition) is 3. The topological polar surface area (TPSA) is 46.2 Å². The van der Waals surface area contributed by atoms with Gasteiger partial charge in [0.1, 0.15) is 0 Å². The summed E-state index contributed by atoms with van der Waals surface area (Å²) in [7, 11) is 0. The zero-order valence-corrected chi connectivity index (χ0v) is 11.1. The Morgan fingerprint density at radius 3 is 2.41 bits per heavy atom. The molecule has 0 aromatic heterocycles. The zero-order valence-electron chi connectivity index (χ0n) is 10.3. The van der Waals surface area contributed by atoms with Gasteiger partial charge in [0.05, 0.1) is 0 Å². The molecular weight excluding hydrogens is 234 g/mol. The molecule has 3 nitrogen and oxygen atoms in total. The van der Waals surface area contributed by atoms with Crippen LogP contribution >= 0.6 is 11.8 Å². The molecule has 0 spiro atoms. The molecule has 4 heteroatoms. The SMILES string of the molecule is CSc1ccc(C(C)(C)CNC(=O)C=O)cc1. The maximum Gasteiger partial charge on any atom is 0.284 e. The van der Waals surface area contributed by atoms with Crippen LogP contribution in [0.5, 0.6) is 0 Å². The average molecular weight is 251 g/mol. The molecule has 0 atom stereocenters. The Bertz CT molecular complexity index is 398.